The Morgan fingerprint density at radius 1 is 1.45 bits per heavy atom. The van der Waals surface area contributed by atoms with Crippen LogP contribution in [0.5, 0.6) is 0 Å². The van der Waals surface area contributed by atoms with E-state index in [1.54, 1.807) is 23.1 Å². The highest BCUT2D eigenvalue weighted by molar-refractivity contribution is 6.43. The van der Waals surface area contributed by atoms with Gasteiger partial charge in [0.1, 0.15) is 6.04 Å². The molecule has 0 aliphatic carbocycles. The minimum absolute atomic E-state index is 0.0715. The number of nitriles is 1. The predicted molar refractivity (Wildman–Crippen MR) is 111 cm³/mol. The molecule has 29 heavy (non-hydrogen) atoms. The van der Waals surface area contributed by atoms with Crippen molar-refractivity contribution in [3.63, 3.8) is 0 Å². The molecule has 0 saturated carbocycles. The fourth-order valence-corrected chi connectivity index (χ4v) is 3.44. The van der Waals surface area contributed by atoms with Crippen LogP contribution in [0.1, 0.15) is 26.7 Å². The summed E-state index contributed by atoms with van der Waals surface area (Å²) in [6, 6.07) is 7.30. The predicted octanol–water partition coefficient (Wildman–Crippen LogP) is 3.34. The number of hydrogen-bond donors (Lipinski definition) is 2. The standard InChI is InChI=1S/C19H22Cl2N6O2/c1-19(2,24-10-15(28)27-8-4-5-12(27)9-22)11-23-18-25-17(26-29-18)13-6-3-7-14(20)16(13)21/h3,6-7,12,24H,4-5,8,10-11H2,1-2H3,(H,23,25,26)/t12-/m0/s1. The molecule has 2 N–H and O–H groups in total. The lowest BCUT2D eigenvalue weighted by atomic mass is 10.1. The van der Waals surface area contributed by atoms with Gasteiger partial charge in [0.05, 0.1) is 22.7 Å². The van der Waals surface area contributed by atoms with Crippen molar-refractivity contribution in [3.05, 3.63) is 28.2 Å². The summed E-state index contributed by atoms with van der Waals surface area (Å²) in [6.45, 7) is 5.12. The van der Waals surface area contributed by atoms with Gasteiger partial charge in [0.25, 0.3) is 0 Å². The second-order valence-electron chi connectivity index (χ2n) is 7.49. The van der Waals surface area contributed by atoms with Crippen LogP contribution in [-0.4, -0.2) is 52.2 Å². The molecule has 1 fully saturated rings. The number of nitrogens with one attached hydrogen (secondary N) is 2. The van der Waals surface area contributed by atoms with Crippen molar-refractivity contribution >= 4 is 35.1 Å². The molecule has 154 valence electrons. The summed E-state index contributed by atoms with van der Waals surface area (Å²) in [5, 5.41) is 20.1. The van der Waals surface area contributed by atoms with Crippen LogP contribution in [0.25, 0.3) is 11.4 Å². The minimum Gasteiger partial charge on any atom is -0.336 e. The van der Waals surface area contributed by atoms with Gasteiger partial charge in [0.2, 0.25) is 11.7 Å². The first-order valence-corrected chi connectivity index (χ1v) is 10.0. The average Bonchev–Trinajstić information content (AvgIpc) is 3.36. The normalized spacial score (nSPS) is 16.7. The van der Waals surface area contributed by atoms with E-state index < -0.39 is 5.54 Å². The van der Waals surface area contributed by atoms with Gasteiger partial charge in [-0.15, -0.1) is 0 Å². The third-order valence-corrected chi connectivity index (χ3v) is 5.56. The number of likely N-dealkylation sites (tertiary alicyclic amines) is 1. The number of benzene rings is 1. The number of rotatable bonds is 7. The molecule has 2 heterocycles. The Labute approximate surface area is 179 Å². The minimum atomic E-state index is -0.431. The van der Waals surface area contributed by atoms with Crippen LogP contribution < -0.4 is 10.6 Å². The summed E-state index contributed by atoms with van der Waals surface area (Å²) in [6.07, 6.45) is 1.61. The summed E-state index contributed by atoms with van der Waals surface area (Å²) in [7, 11) is 0. The number of aromatic nitrogens is 2. The highest BCUT2D eigenvalue weighted by Crippen LogP contribution is 2.32. The van der Waals surface area contributed by atoms with Gasteiger partial charge < -0.3 is 20.1 Å². The van der Waals surface area contributed by atoms with Crippen LogP contribution in [0.15, 0.2) is 22.7 Å². The second kappa shape index (κ2) is 8.99. The first kappa shape index (κ1) is 21.4. The topological polar surface area (TPSA) is 107 Å². The summed E-state index contributed by atoms with van der Waals surface area (Å²) >= 11 is 12.2. The molecule has 1 amide bonds. The van der Waals surface area contributed by atoms with E-state index in [2.05, 4.69) is 26.8 Å². The van der Waals surface area contributed by atoms with E-state index in [-0.39, 0.29) is 24.5 Å². The van der Waals surface area contributed by atoms with Crippen LogP contribution in [0.2, 0.25) is 10.0 Å². The molecule has 1 aliphatic rings. The first-order chi connectivity index (χ1) is 13.8. The Morgan fingerprint density at radius 3 is 3.00 bits per heavy atom. The smallest absolute Gasteiger partial charge is 0.321 e. The van der Waals surface area contributed by atoms with Gasteiger partial charge in [-0.05, 0) is 38.8 Å². The zero-order valence-corrected chi connectivity index (χ0v) is 17.7. The Morgan fingerprint density at radius 2 is 2.24 bits per heavy atom. The molecular formula is C19H22Cl2N6O2. The van der Waals surface area contributed by atoms with Crippen LogP contribution in [0, 0.1) is 11.3 Å². The van der Waals surface area contributed by atoms with Gasteiger partial charge in [-0.2, -0.15) is 10.2 Å². The Kier molecular flexibility index (Phi) is 6.63. The van der Waals surface area contributed by atoms with Gasteiger partial charge in [-0.25, -0.2) is 0 Å². The number of carbonyl (C=O) groups is 1. The van der Waals surface area contributed by atoms with E-state index in [9.17, 15) is 4.79 Å². The number of halogens is 2. The zero-order chi connectivity index (χ0) is 21.0. The highest BCUT2D eigenvalue weighted by Gasteiger charge is 2.29. The monoisotopic (exact) mass is 436 g/mol. The highest BCUT2D eigenvalue weighted by atomic mass is 35.5. The molecule has 3 rings (SSSR count). The number of carbonyl (C=O) groups excluding carboxylic acids is 1. The zero-order valence-electron chi connectivity index (χ0n) is 16.2. The fourth-order valence-electron chi connectivity index (χ4n) is 3.06. The van der Waals surface area contributed by atoms with Crippen molar-refractivity contribution in [1.82, 2.24) is 20.4 Å². The molecule has 1 saturated heterocycles. The van der Waals surface area contributed by atoms with Crippen molar-refractivity contribution in [2.24, 2.45) is 0 Å². The summed E-state index contributed by atoms with van der Waals surface area (Å²) < 4.78 is 5.23. The maximum Gasteiger partial charge on any atom is 0.321 e. The van der Waals surface area contributed by atoms with Crippen molar-refractivity contribution in [2.75, 3.05) is 25.0 Å². The molecule has 1 aromatic heterocycles. The van der Waals surface area contributed by atoms with Gasteiger partial charge in [-0.3, -0.25) is 4.79 Å². The Balaban J connectivity index is 1.54. The molecule has 0 spiro atoms. The molecule has 8 nitrogen and oxygen atoms in total. The largest absolute Gasteiger partial charge is 0.336 e. The number of amides is 1. The lowest BCUT2D eigenvalue weighted by Gasteiger charge is -2.28. The molecule has 0 unspecified atom stereocenters. The molecular weight excluding hydrogens is 415 g/mol. The summed E-state index contributed by atoms with van der Waals surface area (Å²) in [5.41, 5.74) is 0.149. The number of nitrogens with zero attached hydrogens (tertiary/aromatic N) is 4. The Bertz CT molecular complexity index is 924. The Hall–Kier alpha value is -2.34. The average molecular weight is 437 g/mol. The van der Waals surface area contributed by atoms with E-state index in [1.165, 1.54) is 0 Å². The maximum absolute atomic E-state index is 12.4. The molecule has 1 atom stereocenters. The van der Waals surface area contributed by atoms with Crippen molar-refractivity contribution in [1.29, 1.82) is 5.26 Å². The summed E-state index contributed by atoms with van der Waals surface area (Å²) in [4.78, 5) is 18.3. The van der Waals surface area contributed by atoms with E-state index in [1.807, 2.05) is 13.8 Å². The van der Waals surface area contributed by atoms with Crippen LogP contribution in [0.4, 0.5) is 6.01 Å². The second-order valence-corrected chi connectivity index (χ2v) is 8.27. The molecule has 1 aliphatic heterocycles. The van der Waals surface area contributed by atoms with Crippen LogP contribution in [-0.2, 0) is 4.79 Å². The van der Waals surface area contributed by atoms with Crippen LogP contribution in [0.3, 0.4) is 0 Å². The fraction of sp³-hybridized carbons (Fsp3) is 0.474. The molecule has 0 bridgehead atoms. The first-order valence-electron chi connectivity index (χ1n) is 9.27. The molecule has 0 radical (unpaired) electrons. The van der Waals surface area contributed by atoms with Crippen molar-refractivity contribution < 1.29 is 9.32 Å². The maximum atomic E-state index is 12.4. The lowest BCUT2D eigenvalue weighted by Crippen LogP contribution is -2.50. The number of hydrogen-bond acceptors (Lipinski definition) is 7. The SMILES string of the molecule is CC(C)(CNc1nc(-c2cccc(Cl)c2Cl)no1)NCC(=O)N1CCC[C@H]1C#N. The third-order valence-electron chi connectivity index (χ3n) is 4.74. The van der Waals surface area contributed by atoms with Gasteiger partial charge in [0, 0.05) is 24.2 Å². The molecule has 10 heteroatoms. The van der Waals surface area contributed by atoms with E-state index in [0.717, 1.165) is 12.8 Å². The van der Waals surface area contributed by atoms with E-state index in [0.29, 0.717) is 34.5 Å². The van der Waals surface area contributed by atoms with Crippen molar-refractivity contribution in [3.8, 4) is 17.5 Å². The van der Waals surface area contributed by atoms with Crippen LogP contribution >= 0.6 is 23.2 Å². The molecule has 1 aromatic carbocycles. The van der Waals surface area contributed by atoms with E-state index in [4.69, 9.17) is 33.0 Å². The summed E-state index contributed by atoms with van der Waals surface area (Å²) in [5.74, 6) is 0.260. The third kappa shape index (κ3) is 5.18. The lowest BCUT2D eigenvalue weighted by molar-refractivity contribution is -0.130. The van der Waals surface area contributed by atoms with E-state index >= 15 is 0 Å². The van der Waals surface area contributed by atoms with Crippen molar-refractivity contribution in [2.45, 2.75) is 38.3 Å². The quantitative estimate of drug-likeness (QED) is 0.684. The molecule has 2 aromatic rings. The van der Waals surface area contributed by atoms with Gasteiger partial charge >= 0.3 is 6.01 Å². The number of anilines is 1. The van der Waals surface area contributed by atoms with Gasteiger partial charge in [0.15, 0.2) is 0 Å². The van der Waals surface area contributed by atoms with Gasteiger partial charge in [-0.1, -0.05) is 34.4 Å².